The molecule has 1 unspecified atom stereocenters. The van der Waals surface area contributed by atoms with E-state index in [0.29, 0.717) is 0 Å². The fourth-order valence-electron chi connectivity index (χ4n) is 2.09. The van der Waals surface area contributed by atoms with E-state index in [1.54, 1.807) is 14.0 Å². The average Bonchev–Trinajstić information content (AvgIpc) is 2.18. The second-order valence-corrected chi connectivity index (χ2v) is 6.75. The maximum absolute atomic E-state index is 12.0. The van der Waals surface area contributed by atoms with Gasteiger partial charge in [-0.15, -0.1) is 0 Å². The van der Waals surface area contributed by atoms with Crippen LogP contribution in [0.15, 0.2) is 0 Å². The van der Waals surface area contributed by atoms with Crippen molar-refractivity contribution in [1.82, 2.24) is 4.31 Å². The Balaban J connectivity index is 2.63. The highest BCUT2D eigenvalue weighted by Crippen LogP contribution is 2.25. The molecule has 5 heteroatoms. The number of rotatable bonds is 4. The van der Waals surface area contributed by atoms with Crippen molar-refractivity contribution in [3.63, 3.8) is 0 Å². The van der Waals surface area contributed by atoms with Crippen LogP contribution < -0.4 is 0 Å². The van der Waals surface area contributed by atoms with Crippen molar-refractivity contribution in [3.05, 3.63) is 0 Å². The molecule has 0 aromatic rings. The zero-order chi connectivity index (χ0) is 11.5. The van der Waals surface area contributed by atoms with Crippen molar-refractivity contribution < 1.29 is 13.5 Å². The molecule has 4 nitrogen and oxygen atoms in total. The summed E-state index contributed by atoms with van der Waals surface area (Å²) in [4.78, 5) is 0. The number of aliphatic hydroxyl groups excluding tert-OH is 1. The summed E-state index contributed by atoms with van der Waals surface area (Å²) in [6.45, 7) is 1.80. The lowest BCUT2D eigenvalue weighted by Gasteiger charge is -2.27. The van der Waals surface area contributed by atoms with E-state index in [1.165, 1.54) is 4.31 Å². The summed E-state index contributed by atoms with van der Waals surface area (Å²) in [5.74, 6) is 0. The molecule has 0 radical (unpaired) electrons. The van der Waals surface area contributed by atoms with E-state index < -0.39 is 16.1 Å². The van der Waals surface area contributed by atoms with Gasteiger partial charge in [-0.25, -0.2) is 12.7 Å². The second kappa shape index (κ2) is 5.27. The van der Waals surface area contributed by atoms with Crippen LogP contribution in [0.1, 0.15) is 39.0 Å². The van der Waals surface area contributed by atoms with E-state index in [2.05, 4.69) is 0 Å². The van der Waals surface area contributed by atoms with Crippen LogP contribution in [0.3, 0.4) is 0 Å². The Morgan fingerprint density at radius 3 is 2.33 bits per heavy atom. The van der Waals surface area contributed by atoms with E-state index in [1.807, 2.05) is 0 Å². The maximum Gasteiger partial charge on any atom is 0.216 e. The van der Waals surface area contributed by atoms with Crippen molar-refractivity contribution in [2.24, 2.45) is 0 Å². The third kappa shape index (κ3) is 3.43. The molecule has 0 saturated heterocycles. The summed E-state index contributed by atoms with van der Waals surface area (Å²) in [7, 11) is -1.63. The van der Waals surface area contributed by atoms with Crippen molar-refractivity contribution in [3.8, 4) is 0 Å². The summed E-state index contributed by atoms with van der Waals surface area (Å²) < 4.78 is 25.4. The maximum atomic E-state index is 12.0. The number of hydrogen-bond donors (Lipinski definition) is 1. The number of nitrogens with zero attached hydrogens (tertiary/aromatic N) is 1. The van der Waals surface area contributed by atoms with E-state index in [4.69, 9.17) is 0 Å². The summed E-state index contributed by atoms with van der Waals surface area (Å²) >= 11 is 0. The van der Waals surface area contributed by atoms with Crippen LogP contribution in [0.25, 0.3) is 0 Å². The Bertz CT molecular complexity index is 281. The Hall–Kier alpha value is -0.130. The molecule has 1 aliphatic carbocycles. The highest BCUT2D eigenvalue weighted by molar-refractivity contribution is 7.89. The van der Waals surface area contributed by atoms with Gasteiger partial charge in [0.05, 0.1) is 11.4 Å². The van der Waals surface area contributed by atoms with Gasteiger partial charge in [0, 0.05) is 13.6 Å². The fourth-order valence-corrected chi connectivity index (χ4v) is 3.95. The normalized spacial score (nSPS) is 21.9. The molecule has 0 spiro atoms. The first kappa shape index (κ1) is 12.9. The minimum atomic E-state index is -3.18. The van der Waals surface area contributed by atoms with E-state index in [-0.39, 0.29) is 11.8 Å². The van der Waals surface area contributed by atoms with Gasteiger partial charge in [-0.2, -0.15) is 0 Å². The van der Waals surface area contributed by atoms with Gasteiger partial charge >= 0.3 is 0 Å². The van der Waals surface area contributed by atoms with Gasteiger partial charge in [-0.1, -0.05) is 19.3 Å². The van der Waals surface area contributed by atoms with Crippen molar-refractivity contribution in [2.45, 2.75) is 50.4 Å². The summed E-state index contributed by atoms with van der Waals surface area (Å²) in [6.07, 6.45) is 4.09. The molecule has 1 N–H and O–H groups in total. The molecular weight excluding hydrogens is 214 g/mol. The van der Waals surface area contributed by atoms with Crippen LogP contribution in [0, 0.1) is 0 Å². The van der Waals surface area contributed by atoms with Crippen molar-refractivity contribution >= 4 is 10.0 Å². The van der Waals surface area contributed by atoms with Crippen LogP contribution >= 0.6 is 0 Å². The largest absolute Gasteiger partial charge is 0.392 e. The molecule has 1 rings (SSSR count). The number of aliphatic hydroxyl groups is 1. The molecule has 0 aromatic carbocycles. The van der Waals surface area contributed by atoms with Crippen LogP contribution in [0.4, 0.5) is 0 Å². The van der Waals surface area contributed by atoms with Crippen LogP contribution in [-0.4, -0.2) is 42.8 Å². The quantitative estimate of drug-likeness (QED) is 0.789. The van der Waals surface area contributed by atoms with E-state index >= 15 is 0 Å². The predicted molar refractivity (Wildman–Crippen MR) is 60.1 cm³/mol. The topological polar surface area (TPSA) is 57.6 Å². The minimum Gasteiger partial charge on any atom is -0.392 e. The SMILES string of the molecule is CC(O)CN(C)S(=O)(=O)C1CCCCC1. The Labute approximate surface area is 92.3 Å². The lowest BCUT2D eigenvalue weighted by molar-refractivity contribution is 0.170. The number of likely N-dealkylation sites (N-methyl/N-ethyl adjacent to an activating group) is 1. The highest BCUT2D eigenvalue weighted by atomic mass is 32.2. The van der Waals surface area contributed by atoms with Crippen molar-refractivity contribution in [2.75, 3.05) is 13.6 Å². The molecule has 1 saturated carbocycles. The van der Waals surface area contributed by atoms with Gasteiger partial charge < -0.3 is 5.11 Å². The number of sulfonamides is 1. The van der Waals surface area contributed by atoms with E-state index in [0.717, 1.165) is 32.1 Å². The molecule has 1 atom stereocenters. The summed E-state index contributed by atoms with van der Waals surface area (Å²) in [6, 6.07) is 0. The molecule has 0 aliphatic heterocycles. The van der Waals surface area contributed by atoms with Gasteiger partial charge in [0.1, 0.15) is 0 Å². The van der Waals surface area contributed by atoms with Crippen LogP contribution in [-0.2, 0) is 10.0 Å². The molecule has 15 heavy (non-hydrogen) atoms. The lowest BCUT2D eigenvalue weighted by Crippen LogP contribution is -2.40. The molecule has 0 aromatic heterocycles. The highest BCUT2D eigenvalue weighted by Gasteiger charge is 2.31. The van der Waals surface area contributed by atoms with Crippen LogP contribution in [0.2, 0.25) is 0 Å². The molecule has 0 bridgehead atoms. The predicted octanol–water partition coefficient (Wildman–Crippen LogP) is 0.962. The minimum absolute atomic E-state index is 0.193. The van der Waals surface area contributed by atoms with Gasteiger partial charge in [-0.05, 0) is 19.8 Å². The molecule has 90 valence electrons. The summed E-state index contributed by atoms with van der Waals surface area (Å²) in [5, 5.41) is 8.95. The first-order valence-corrected chi connectivity index (χ1v) is 7.08. The fraction of sp³-hybridized carbons (Fsp3) is 1.00. The lowest BCUT2D eigenvalue weighted by atomic mass is 10.0. The first-order valence-electron chi connectivity index (χ1n) is 5.58. The molecule has 0 heterocycles. The van der Waals surface area contributed by atoms with Crippen LogP contribution in [0.5, 0.6) is 0 Å². The van der Waals surface area contributed by atoms with Gasteiger partial charge in [-0.3, -0.25) is 0 Å². The van der Waals surface area contributed by atoms with Gasteiger partial charge in [0.2, 0.25) is 10.0 Å². The Kier molecular flexibility index (Phi) is 4.55. The van der Waals surface area contributed by atoms with Gasteiger partial charge in [0.15, 0.2) is 0 Å². The zero-order valence-corrected chi connectivity index (χ0v) is 10.3. The first-order chi connectivity index (χ1) is 6.94. The third-order valence-corrected chi connectivity index (χ3v) is 5.26. The molecule has 1 aliphatic rings. The standard InChI is InChI=1S/C10H21NO3S/c1-9(12)8-11(2)15(13,14)10-6-4-3-5-7-10/h9-10,12H,3-8H2,1-2H3. The second-order valence-electron chi connectivity index (χ2n) is 4.43. The smallest absolute Gasteiger partial charge is 0.216 e. The molecular formula is C10H21NO3S. The molecule has 1 fully saturated rings. The monoisotopic (exact) mass is 235 g/mol. The number of hydrogen-bond acceptors (Lipinski definition) is 3. The van der Waals surface area contributed by atoms with E-state index in [9.17, 15) is 13.5 Å². The van der Waals surface area contributed by atoms with Crippen molar-refractivity contribution in [1.29, 1.82) is 0 Å². The zero-order valence-electron chi connectivity index (χ0n) is 9.52. The molecule has 0 amide bonds. The Morgan fingerprint density at radius 2 is 1.87 bits per heavy atom. The van der Waals surface area contributed by atoms with Gasteiger partial charge in [0.25, 0.3) is 0 Å². The average molecular weight is 235 g/mol. The Morgan fingerprint density at radius 1 is 1.33 bits per heavy atom. The third-order valence-electron chi connectivity index (χ3n) is 2.93. The summed E-state index contributed by atoms with van der Waals surface area (Å²) in [5.41, 5.74) is 0.